The molecule has 0 bridgehead atoms. The van der Waals surface area contributed by atoms with Gasteiger partial charge in [0.1, 0.15) is 12.6 Å². The second-order valence-corrected chi connectivity index (χ2v) is 11.4. The van der Waals surface area contributed by atoms with Crippen LogP contribution in [0, 0.1) is 6.92 Å². The van der Waals surface area contributed by atoms with Gasteiger partial charge in [-0.3, -0.25) is 13.9 Å². The molecule has 3 aromatic rings. The Labute approximate surface area is 224 Å². The van der Waals surface area contributed by atoms with Crippen molar-refractivity contribution in [1.82, 2.24) is 10.2 Å². The Morgan fingerprint density at radius 1 is 0.919 bits per heavy atom. The third kappa shape index (κ3) is 7.33. The molecule has 3 rings (SSSR count). The molecule has 196 valence electrons. The molecule has 0 spiro atoms. The molecule has 0 aromatic heterocycles. The summed E-state index contributed by atoms with van der Waals surface area (Å²) in [6.45, 7) is 6.76. The van der Waals surface area contributed by atoms with E-state index in [1.807, 2.05) is 20.8 Å². The third-order valence-electron chi connectivity index (χ3n) is 5.77. The minimum absolute atomic E-state index is 0.0711. The van der Waals surface area contributed by atoms with Crippen molar-refractivity contribution in [2.45, 2.75) is 51.2 Å². The number of hydrogen-bond acceptors (Lipinski definition) is 4. The summed E-state index contributed by atoms with van der Waals surface area (Å²) < 4.78 is 28.5. The molecule has 0 saturated heterocycles. The first-order valence-electron chi connectivity index (χ1n) is 12.0. The Morgan fingerprint density at radius 2 is 1.57 bits per heavy atom. The standard InChI is InChI=1S/C28H32ClN3O4S/c1-20(2)30-28(34)22(4)31(18-23-9-8-10-24(29)17-23)27(33)19-32(25-11-6-5-7-12-25)37(35,36)26-15-13-21(3)14-16-26/h5-17,20,22H,18-19H2,1-4H3,(H,30,34)/t22-/m0/s1. The van der Waals surface area contributed by atoms with Crippen LogP contribution in [0.3, 0.4) is 0 Å². The fourth-order valence-electron chi connectivity index (χ4n) is 3.78. The number of carbonyl (C=O) groups is 2. The lowest BCUT2D eigenvalue weighted by Crippen LogP contribution is -2.52. The van der Waals surface area contributed by atoms with Crippen molar-refractivity contribution in [3.8, 4) is 0 Å². The second-order valence-electron chi connectivity index (χ2n) is 9.15. The highest BCUT2D eigenvalue weighted by molar-refractivity contribution is 7.92. The number of rotatable bonds is 10. The lowest BCUT2D eigenvalue weighted by atomic mass is 10.1. The average Bonchev–Trinajstić information content (AvgIpc) is 2.85. The van der Waals surface area contributed by atoms with Crippen molar-refractivity contribution < 1.29 is 18.0 Å². The third-order valence-corrected chi connectivity index (χ3v) is 7.80. The van der Waals surface area contributed by atoms with Crippen molar-refractivity contribution in [2.75, 3.05) is 10.8 Å². The molecule has 37 heavy (non-hydrogen) atoms. The number of carbonyl (C=O) groups excluding carboxylic acids is 2. The molecule has 0 heterocycles. The van der Waals surface area contributed by atoms with E-state index in [1.165, 1.54) is 17.0 Å². The minimum Gasteiger partial charge on any atom is -0.352 e. The molecule has 0 aliphatic heterocycles. The van der Waals surface area contributed by atoms with Gasteiger partial charge in [0.15, 0.2) is 0 Å². The van der Waals surface area contributed by atoms with E-state index in [2.05, 4.69) is 5.32 Å². The van der Waals surface area contributed by atoms with Crippen molar-refractivity contribution in [2.24, 2.45) is 0 Å². The average molecular weight is 542 g/mol. The topological polar surface area (TPSA) is 86.8 Å². The largest absolute Gasteiger partial charge is 0.352 e. The molecule has 0 radical (unpaired) electrons. The Hall–Kier alpha value is -3.36. The summed E-state index contributed by atoms with van der Waals surface area (Å²) in [7, 11) is -4.08. The smallest absolute Gasteiger partial charge is 0.264 e. The Balaban J connectivity index is 2.00. The summed E-state index contributed by atoms with van der Waals surface area (Å²) in [4.78, 5) is 28.1. The lowest BCUT2D eigenvalue weighted by Gasteiger charge is -2.32. The van der Waals surface area contributed by atoms with E-state index in [-0.39, 0.29) is 23.4 Å². The number of aryl methyl sites for hydroxylation is 1. The normalized spacial score (nSPS) is 12.2. The molecule has 7 nitrogen and oxygen atoms in total. The molecule has 0 aliphatic rings. The summed E-state index contributed by atoms with van der Waals surface area (Å²) in [5, 5.41) is 3.33. The molecular weight excluding hydrogens is 510 g/mol. The van der Waals surface area contributed by atoms with Gasteiger partial charge < -0.3 is 10.2 Å². The van der Waals surface area contributed by atoms with Crippen LogP contribution in [0.1, 0.15) is 31.9 Å². The van der Waals surface area contributed by atoms with Gasteiger partial charge in [-0.15, -0.1) is 0 Å². The Morgan fingerprint density at radius 3 is 2.16 bits per heavy atom. The quantitative estimate of drug-likeness (QED) is 0.400. The fraction of sp³-hybridized carbons (Fsp3) is 0.286. The molecule has 0 aliphatic carbocycles. The van der Waals surface area contributed by atoms with Gasteiger partial charge in [0.25, 0.3) is 10.0 Å². The number of anilines is 1. The van der Waals surface area contributed by atoms with Crippen molar-refractivity contribution >= 4 is 39.1 Å². The molecule has 1 N–H and O–H groups in total. The second kappa shape index (κ2) is 12.3. The van der Waals surface area contributed by atoms with Crippen LogP contribution in [0.5, 0.6) is 0 Å². The first kappa shape index (κ1) is 28.2. The number of halogens is 1. The summed E-state index contributed by atoms with van der Waals surface area (Å²) >= 11 is 6.15. The highest BCUT2D eigenvalue weighted by atomic mass is 35.5. The number of nitrogens with one attached hydrogen (secondary N) is 1. The van der Waals surface area contributed by atoms with Gasteiger partial charge in [-0.25, -0.2) is 8.42 Å². The summed E-state index contributed by atoms with van der Waals surface area (Å²) in [6, 6.07) is 20.9. The zero-order valence-electron chi connectivity index (χ0n) is 21.4. The maximum Gasteiger partial charge on any atom is 0.264 e. The van der Waals surface area contributed by atoms with Crippen LogP contribution >= 0.6 is 11.6 Å². The first-order valence-corrected chi connectivity index (χ1v) is 13.8. The van der Waals surface area contributed by atoms with E-state index in [0.29, 0.717) is 10.7 Å². The van der Waals surface area contributed by atoms with Gasteiger partial charge in [0.05, 0.1) is 10.6 Å². The molecule has 0 saturated carbocycles. The molecule has 0 fully saturated rings. The van der Waals surface area contributed by atoms with Gasteiger partial charge in [-0.1, -0.05) is 59.6 Å². The van der Waals surface area contributed by atoms with Gasteiger partial charge in [-0.05, 0) is 69.7 Å². The maximum atomic E-state index is 13.8. The fourth-order valence-corrected chi connectivity index (χ4v) is 5.41. The van der Waals surface area contributed by atoms with E-state index >= 15 is 0 Å². The monoisotopic (exact) mass is 541 g/mol. The van der Waals surface area contributed by atoms with Crippen LogP contribution in [0.25, 0.3) is 0 Å². The van der Waals surface area contributed by atoms with E-state index < -0.39 is 28.5 Å². The predicted octanol–water partition coefficient (Wildman–Crippen LogP) is 4.79. The van der Waals surface area contributed by atoms with Crippen molar-refractivity contribution in [3.05, 3.63) is 95.0 Å². The van der Waals surface area contributed by atoms with E-state index in [4.69, 9.17) is 11.6 Å². The summed E-state index contributed by atoms with van der Waals surface area (Å²) in [6.07, 6.45) is 0. The van der Waals surface area contributed by atoms with Gasteiger partial charge in [0.2, 0.25) is 11.8 Å². The van der Waals surface area contributed by atoms with Crippen LogP contribution in [0.2, 0.25) is 5.02 Å². The van der Waals surface area contributed by atoms with Crippen LogP contribution in [0.4, 0.5) is 5.69 Å². The zero-order valence-corrected chi connectivity index (χ0v) is 23.0. The van der Waals surface area contributed by atoms with Crippen molar-refractivity contribution in [3.63, 3.8) is 0 Å². The summed E-state index contributed by atoms with van der Waals surface area (Å²) in [5.41, 5.74) is 1.98. The van der Waals surface area contributed by atoms with Crippen molar-refractivity contribution in [1.29, 1.82) is 0 Å². The first-order chi connectivity index (χ1) is 17.5. The molecule has 2 amide bonds. The molecular formula is C28H32ClN3O4S. The van der Waals surface area contributed by atoms with Crippen LogP contribution < -0.4 is 9.62 Å². The molecule has 9 heteroatoms. The maximum absolute atomic E-state index is 13.8. The number of benzene rings is 3. The molecule has 3 aromatic carbocycles. The zero-order chi connectivity index (χ0) is 27.2. The van der Waals surface area contributed by atoms with E-state index in [9.17, 15) is 18.0 Å². The van der Waals surface area contributed by atoms with Gasteiger partial charge in [-0.2, -0.15) is 0 Å². The van der Waals surface area contributed by atoms with Crippen LogP contribution in [-0.4, -0.2) is 43.8 Å². The molecule has 0 unspecified atom stereocenters. The number of para-hydroxylation sites is 1. The van der Waals surface area contributed by atoms with Crippen LogP contribution in [0.15, 0.2) is 83.8 Å². The highest BCUT2D eigenvalue weighted by Crippen LogP contribution is 2.25. The lowest BCUT2D eigenvalue weighted by molar-refractivity contribution is -0.139. The summed E-state index contributed by atoms with van der Waals surface area (Å²) in [5.74, 6) is -0.857. The number of hydrogen-bond donors (Lipinski definition) is 1. The van der Waals surface area contributed by atoms with Gasteiger partial charge in [0, 0.05) is 17.6 Å². The SMILES string of the molecule is Cc1ccc(S(=O)(=O)N(CC(=O)N(Cc2cccc(Cl)c2)[C@@H](C)C(=O)NC(C)C)c2ccccc2)cc1. The Bertz CT molecular complexity index is 1330. The number of amides is 2. The molecule has 1 atom stereocenters. The highest BCUT2D eigenvalue weighted by Gasteiger charge is 2.32. The number of sulfonamides is 1. The predicted molar refractivity (Wildman–Crippen MR) is 147 cm³/mol. The minimum atomic E-state index is -4.08. The van der Waals surface area contributed by atoms with E-state index in [0.717, 1.165) is 15.4 Å². The Kier molecular flexibility index (Phi) is 9.34. The van der Waals surface area contributed by atoms with Gasteiger partial charge >= 0.3 is 0 Å². The number of nitrogens with zero attached hydrogens (tertiary/aromatic N) is 2. The van der Waals surface area contributed by atoms with Crippen LogP contribution in [-0.2, 0) is 26.2 Å². The van der Waals surface area contributed by atoms with E-state index in [1.54, 1.807) is 73.7 Å².